The molecule has 0 bridgehead atoms. The van der Waals surface area contributed by atoms with E-state index in [2.05, 4.69) is 5.32 Å². The van der Waals surface area contributed by atoms with Crippen LogP contribution >= 0.6 is 11.6 Å². The monoisotopic (exact) mass is 344 g/mol. The van der Waals surface area contributed by atoms with Crippen LogP contribution in [0, 0.1) is 0 Å². The molecule has 0 unspecified atom stereocenters. The molecule has 0 aromatic heterocycles. The lowest BCUT2D eigenvalue weighted by Crippen LogP contribution is -2.34. The maximum atomic E-state index is 12.8. The summed E-state index contributed by atoms with van der Waals surface area (Å²) in [5.41, 5.74) is 2.76. The van der Waals surface area contributed by atoms with Gasteiger partial charge in [-0.3, -0.25) is 0 Å². The summed E-state index contributed by atoms with van der Waals surface area (Å²) >= 11 is 6.33. The molecule has 1 aliphatic rings. The molecule has 0 spiro atoms. The Bertz CT molecular complexity index is 720. The predicted molar refractivity (Wildman–Crippen MR) is 96.3 cm³/mol. The fourth-order valence-corrected chi connectivity index (χ4v) is 3.45. The Kier molecular flexibility index (Phi) is 5.38. The van der Waals surface area contributed by atoms with E-state index in [9.17, 15) is 4.79 Å². The van der Waals surface area contributed by atoms with Crippen LogP contribution < -0.4 is 5.32 Å². The Morgan fingerprint density at radius 1 is 1.25 bits per heavy atom. The highest BCUT2D eigenvalue weighted by Crippen LogP contribution is 2.36. The Morgan fingerprint density at radius 2 is 2.00 bits per heavy atom. The van der Waals surface area contributed by atoms with E-state index in [1.54, 1.807) is 7.11 Å². The smallest absolute Gasteiger partial charge is 0.322 e. The molecule has 3 rings (SSSR count). The molecule has 2 amide bonds. The minimum Gasteiger partial charge on any atom is -0.380 e. The molecular weight excluding hydrogens is 324 g/mol. The zero-order valence-electron chi connectivity index (χ0n) is 13.7. The maximum Gasteiger partial charge on any atom is 0.322 e. The number of nitrogens with zero attached hydrogens (tertiary/aromatic N) is 1. The normalized spacial score (nSPS) is 17.1. The van der Waals surface area contributed by atoms with Crippen LogP contribution in [-0.4, -0.2) is 24.6 Å². The van der Waals surface area contributed by atoms with Crippen molar-refractivity contribution in [2.24, 2.45) is 0 Å². The quantitative estimate of drug-likeness (QED) is 0.860. The van der Waals surface area contributed by atoms with Gasteiger partial charge in [-0.2, -0.15) is 0 Å². The number of carbonyl (C=O) groups is 1. The molecular formula is C19H21ClN2O2. The SMILES string of the molecule is COCc1ccccc1NC(=O)N1CCC[C@H]1c1ccccc1Cl. The number of amides is 2. The van der Waals surface area contributed by atoms with Crippen molar-refractivity contribution in [2.75, 3.05) is 19.0 Å². The number of likely N-dealkylation sites (tertiary alicyclic amines) is 1. The van der Waals surface area contributed by atoms with Gasteiger partial charge in [0.15, 0.2) is 0 Å². The number of benzene rings is 2. The van der Waals surface area contributed by atoms with Crippen molar-refractivity contribution in [3.63, 3.8) is 0 Å². The predicted octanol–water partition coefficient (Wildman–Crippen LogP) is 4.86. The highest BCUT2D eigenvalue weighted by Gasteiger charge is 2.31. The average molecular weight is 345 g/mol. The summed E-state index contributed by atoms with van der Waals surface area (Å²) in [7, 11) is 1.65. The molecule has 0 saturated carbocycles. The van der Waals surface area contributed by atoms with Gasteiger partial charge in [0, 0.05) is 29.9 Å². The molecule has 1 heterocycles. The molecule has 1 atom stereocenters. The van der Waals surface area contributed by atoms with Gasteiger partial charge in [-0.25, -0.2) is 4.79 Å². The third-order valence-corrected chi connectivity index (χ3v) is 4.68. The van der Waals surface area contributed by atoms with Gasteiger partial charge in [-0.05, 0) is 30.5 Å². The minimum atomic E-state index is -0.0963. The molecule has 1 aliphatic heterocycles. The number of para-hydroxylation sites is 1. The van der Waals surface area contributed by atoms with Crippen molar-refractivity contribution in [2.45, 2.75) is 25.5 Å². The van der Waals surface area contributed by atoms with E-state index in [1.807, 2.05) is 53.4 Å². The summed E-state index contributed by atoms with van der Waals surface area (Å²) < 4.78 is 5.20. The minimum absolute atomic E-state index is 0.0216. The second kappa shape index (κ2) is 7.69. The second-order valence-electron chi connectivity index (χ2n) is 5.89. The van der Waals surface area contributed by atoms with Gasteiger partial charge in [0.05, 0.1) is 12.6 Å². The van der Waals surface area contributed by atoms with Gasteiger partial charge in [-0.15, -0.1) is 0 Å². The molecule has 2 aromatic carbocycles. The lowest BCUT2D eigenvalue weighted by atomic mass is 10.0. The van der Waals surface area contributed by atoms with E-state index < -0.39 is 0 Å². The molecule has 5 heteroatoms. The van der Waals surface area contributed by atoms with Crippen molar-refractivity contribution >= 4 is 23.3 Å². The lowest BCUT2D eigenvalue weighted by molar-refractivity contribution is 0.185. The van der Waals surface area contributed by atoms with Crippen LogP contribution in [0.5, 0.6) is 0 Å². The van der Waals surface area contributed by atoms with Crippen molar-refractivity contribution in [3.8, 4) is 0 Å². The molecule has 1 fully saturated rings. The van der Waals surface area contributed by atoms with Crippen LogP contribution in [0.15, 0.2) is 48.5 Å². The van der Waals surface area contributed by atoms with E-state index in [4.69, 9.17) is 16.3 Å². The number of methoxy groups -OCH3 is 1. The summed E-state index contributed by atoms with van der Waals surface area (Å²) in [6.07, 6.45) is 1.90. The zero-order valence-corrected chi connectivity index (χ0v) is 14.4. The first-order valence-corrected chi connectivity index (χ1v) is 8.47. The lowest BCUT2D eigenvalue weighted by Gasteiger charge is -2.26. The van der Waals surface area contributed by atoms with Crippen LogP contribution in [-0.2, 0) is 11.3 Å². The van der Waals surface area contributed by atoms with Crippen LogP contribution in [0.4, 0.5) is 10.5 Å². The summed E-state index contributed by atoms with van der Waals surface area (Å²) in [5, 5.41) is 3.73. The van der Waals surface area contributed by atoms with Gasteiger partial charge >= 0.3 is 6.03 Å². The summed E-state index contributed by atoms with van der Waals surface area (Å²) in [6, 6.07) is 15.4. The van der Waals surface area contributed by atoms with Crippen LogP contribution in [0.3, 0.4) is 0 Å². The highest BCUT2D eigenvalue weighted by molar-refractivity contribution is 6.31. The van der Waals surface area contributed by atoms with E-state index in [1.165, 1.54) is 0 Å². The van der Waals surface area contributed by atoms with Gasteiger partial charge in [-0.1, -0.05) is 48.0 Å². The van der Waals surface area contributed by atoms with Crippen LogP contribution in [0.2, 0.25) is 5.02 Å². The summed E-state index contributed by atoms with van der Waals surface area (Å²) in [4.78, 5) is 14.7. The number of urea groups is 1. The third kappa shape index (κ3) is 3.55. The molecule has 1 N–H and O–H groups in total. The Balaban J connectivity index is 1.78. The number of rotatable bonds is 4. The fourth-order valence-electron chi connectivity index (χ4n) is 3.19. The van der Waals surface area contributed by atoms with E-state index in [0.717, 1.165) is 36.2 Å². The van der Waals surface area contributed by atoms with Crippen LogP contribution in [0.25, 0.3) is 0 Å². The van der Waals surface area contributed by atoms with Gasteiger partial charge in [0.25, 0.3) is 0 Å². The Hall–Kier alpha value is -2.04. The molecule has 0 aliphatic carbocycles. The molecule has 126 valence electrons. The number of anilines is 1. The van der Waals surface area contributed by atoms with Crippen molar-refractivity contribution in [3.05, 3.63) is 64.7 Å². The largest absolute Gasteiger partial charge is 0.380 e. The van der Waals surface area contributed by atoms with Crippen molar-refractivity contribution in [1.29, 1.82) is 0 Å². The molecule has 1 saturated heterocycles. The standard InChI is InChI=1S/C19H21ClN2O2/c1-24-13-14-7-2-5-10-17(14)21-19(23)22-12-6-11-18(22)15-8-3-4-9-16(15)20/h2-5,7-10,18H,6,11-13H2,1H3,(H,21,23)/t18-/m0/s1. The van der Waals surface area contributed by atoms with Crippen molar-refractivity contribution in [1.82, 2.24) is 4.90 Å². The van der Waals surface area contributed by atoms with E-state index in [0.29, 0.717) is 11.6 Å². The van der Waals surface area contributed by atoms with Crippen molar-refractivity contribution < 1.29 is 9.53 Å². The summed E-state index contributed by atoms with van der Waals surface area (Å²) in [6.45, 7) is 1.19. The third-order valence-electron chi connectivity index (χ3n) is 4.34. The van der Waals surface area contributed by atoms with Gasteiger partial charge in [0.2, 0.25) is 0 Å². The Morgan fingerprint density at radius 3 is 2.79 bits per heavy atom. The molecule has 0 radical (unpaired) electrons. The first-order valence-electron chi connectivity index (χ1n) is 8.09. The highest BCUT2D eigenvalue weighted by atomic mass is 35.5. The zero-order chi connectivity index (χ0) is 16.9. The Labute approximate surface area is 147 Å². The first kappa shape index (κ1) is 16.8. The van der Waals surface area contributed by atoms with Gasteiger partial charge in [0.1, 0.15) is 0 Å². The number of nitrogens with one attached hydrogen (secondary N) is 1. The molecule has 2 aromatic rings. The number of hydrogen-bond donors (Lipinski definition) is 1. The maximum absolute atomic E-state index is 12.8. The van der Waals surface area contributed by atoms with Gasteiger partial charge < -0.3 is 15.0 Å². The number of carbonyl (C=O) groups excluding carboxylic acids is 1. The number of halogens is 1. The topological polar surface area (TPSA) is 41.6 Å². The molecule has 4 nitrogen and oxygen atoms in total. The van der Waals surface area contributed by atoms with E-state index >= 15 is 0 Å². The van der Waals surface area contributed by atoms with Crippen LogP contribution in [0.1, 0.15) is 30.0 Å². The summed E-state index contributed by atoms with van der Waals surface area (Å²) in [5.74, 6) is 0. The number of hydrogen-bond acceptors (Lipinski definition) is 2. The number of ether oxygens (including phenoxy) is 1. The first-order chi connectivity index (χ1) is 11.7. The average Bonchev–Trinajstić information content (AvgIpc) is 3.07. The fraction of sp³-hybridized carbons (Fsp3) is 0.316. The molecule has 24 heavy (non-hydrogen) atoms. The second-order valence-corrected chi connectivity index (χ2v) is 6.30. The van der Waals surface area contributed by atoms with E-state index in [-0.39, 0.29) is 12.1 Å².